The number of hydrogen-bond donors (Lipinski definition) is 4. The van der Waals surface area contributed by atoms with E-state index in [1.807, 2.05) is 56.3 Å². The summed E-state index contributed by atoms with van der Waals surface area (Å²) in [5, 5.41) is 21.3. The van der Waals surface area contributed by atoms with Gasteiger partial charge in [-0.25, -0.2) is 14.4 Å². The Kier molecular flexibility index (Phi) is 12.1. The van der Waals surface area contributed by atoms with Gasteiger partial charge in [-0.15, -0.1) is 11.3 Å². The van der Waals surface area contributed by atoms with Crippen LogP contribution in [0.15, 0.2) is 42.5 Å². The predicted molar refractivity (Wildman–Crippen MR) is 150 cm³/mol. The summed E-state index contributed by atoms with van der Waals surface area (Å²) in [6.07, 6.45) is 0. The Balaban J connectivity index is 0.000000840. The van der Waals surface area contributed by atoms with Crippen LogP contribution in [0.4, 0.5) is 5.00 Å². The Hall–Kier alpha value is -4.42. The third kappa shape index (κ3) is 8.82. The first kappa shape index (κ1) is 31.8. The molecule has 0 bridgehead atoms. The number of thiophene rings is 1. The molecule has 0 radical (unpaired) electrons. The maximum atomic E-state index is 12.8. The molecule has 0 unspecified atom stereocenters. The molecule has 1 amide bonds. The number of ether oxygens (including phenoxy) is 3. The van der Waals surface area contributed by atoms with E-state index >= 15 is 0 Å². The average Bonchev–Trinajstić information content (AvgIpc) is 3.24. The molecule has 2 aromatic carbocycles. The normalized spacial score (nSPS) is 10.1. The molecule has 12 heteroatoms. The van der Waals surface area contributed by atoms with Gasteiger partial charge in [0.1, 0.15) is 10.6 Å². The van der Waals surface area contributed by atoms with Gasteiger partial charge in [0.2, 0.25) is 5.91 Å². The highest BCUT2D eigenvalue weighted by atomic mass is 32.1. The summed E-state index contributed by atoms with van der Waals surface area (Å²) < 4.78 is 15.9. The molecule has 0 aliphatic heterocycles. The minimum Gasteiger partial charge on any atom is -0.493 e. The van der Waals surface area contributed by atoms with Crippen LogP contribution in [0.2, 0.25) is 0 Å². The Labute approximate surface area is 235 Å². The Morgan fingerprint density at radius 1 is 0.900 bits per heavy atom. The minimum absolute atomic E-state index is 0.0768. The van der Waals surface area contributed by atoms with Crippen molar-refractivity contribution in [1.29, 1.82) is 0 Å². The highest BCUT2D eigenvalue weighted by molar-refractivity contribution is 7.17. The second-order valence-electron chi connectivity index (χ2n) is 8.28. The largest absolute Gasteiger partial charge is 0.493 e. The van der Waals surface area contributed by atoms with Crippen molar-refractivity contribution in [3.8, 4) is 22.6 Å². The molecule has 1 aromatic heterocycles. The molecule has 0 aliphatic carbocycles. The molecule has 0 saturated heterocycles. The van der Waals surface area contributed by atoms with Crippen LogP contribution in [-0.2, 0) is 25.7 Å². The van der Waals surface area contributed by atoms with E-state index < -0.39 is 17.9 Å². The molecule has 11 nitrogen and oxygen atoms in total. The van der Waals surface area contributed by atoms with Gasteiger partial charge in [-0.1, -0.05) is 35.9 Å². The summed E-state index contributed by atoms with van der Waals surface area (Å²) in [7, 11) is 3.17. The van der Waals surface area contributed by atoms with Crippen molar-refractivity contribution in [2.75, 3.05) is 32.7 Å². The van der Waals surface area contributed by atoms with Gasteiger partial charge in [-0.2, -0.15) is 0 Å². The van der Waals surface area contributed by atoms with Crippen LogP contribution in [0.25, 0.3) is 11.1 Å². The van der Waals surface area contributed by atoms with Crippen LogP contribution in [0.5, 0.6) is 11.5 Å². The highest BCUT2D eigenvalue weighted by Crippen LogP contribution is 2.40. The lowest BCUT2D eigenvalue weighted by molar-refractivity contribution is -0.159. The zero-order chi connectivity index (χ0) is 29.8. The van der Waals surface area contributed by atoms with Crippen LogP contribution >= 0.6 is 11.3 Å². The summed E-state index contributed by atoms with van der Waals surface area (Å²) in [6.45, 7) is 6.51. The Bertz CT molecular complexity index is 1340. The van der Waals surface area contributed by atoms with E-state index in [4.69, 9.17) is 34.0 Å². The molecule has 0 saturated carbocycles. The lowest BCUT2D eigenvalue weighted by Crippen LogP contribution is -2.28. The molecule has 40 heavy (non-hydrogen) atoms. The number of anilines is 1. The second-order valence-corrected chi connectivity index (χ2v) is 9.50. The summed E-state index contributed by atoms with van der Waals surface area (Å²) in [6, 6.07) is 13.5. The number of rotatable bonds is 10. The van der Waals surface area contributed by atoms with Gasteiger partial charge in [0.25, 0.3) is 0 Å². The van der Waals surface area contributed by atoms with Crippen molar-refractivity contribution in [1.82, 2.24) is 5.32 Å². The van der Waals surface area contributed by atoms with Crippen molar-refractivity contribution in [3.63, 3.8) is 0 Å². The number of methoxy groups -OCH3 is 2. The number of amides is 1. The van der Waals surface area contributed by atoms with E-state index in [0.717, 1.165) is 27.1 Å². The summed E-state index contributed by atoms with van der Waals surface area (Å²) in [5.74, 6) is -3.07. The molecule has 0 fully saturated rings. The maximum Gasteiger partial charge on any atom is 0.414 e. The molecule has 3 aromatic rings. The minimum atomic E-state index is -1.82. The summed E-state index contributed by atoms with van der Waals surface area (Å²) in [4.78, 5) is 44.7. The van der Waals surface area contributed by atoms with Gasteiger partial charge < -0.3 is 35.1 Å². The first-order valence-corrected chi connectivity index (χ1v) is 12.9. The number of hydrogen-bond acceptors (Lipinski definition) is 9. The van der Waals surface area contributed by atoms with Crippen LogP contribution in [0, 0.1) is 13.8 Å². The van der Waals surface area contributed by atoms with Gasteiger partial charge in [0.05, 0.1) is 27.4 Å². The predicted octanol–water partition coefficient (Wildman–Crippen LogP) is 4.11. The Morgan fingerprint density at radius 3 is 2.08 bits per heavy atom. The van der Waals surface area contributed by atoms with E-state index in [1.165, 1.54) is 11.3 Å². The molecule has 0 spiro atoms. The molecule has 3 rings (SSSR count). The fraction of sp³-hybridized carbons (Fsp3) is 0.286. The number of aliphatic carboxylic acids is 2. The van der Waals surface area contributed by atoms with E-state index in [9.17, 15) is 9.59 Å². The molecular formula is C28H32N2O9S. The number of esters is 1. The second kappa shape index (κ2) is 15.2. The first-order valence-electron chi connectivity index (χ1n) is 12.1. The fourth-order valence-corrected chi connectivity index (χ4v) is 4.66. The quantitative estimate of drug-likeness (QED) is 0.206. The van der Waals surface area contributed by atoms with Crippen LogP contribution in [-0.4, -0.2) is 61.4 Å². The summed E-state index contributed by atoms with van der Waals surface area (Å²) >= 11 is 1.37. The van der Waals surface area contributed by atoms with Gasteiger partial charge in [-0.05, 0) is 44.0 Å². The van der Waals surface area contributed by atoms with Crippen molar-refractivity contribution < 1.29 is 43.6 Å². The van der Waals surface area contributed by atoms with Crippen LogP contribution in [0.3, 0.4) is 0 Å². The molecule has 4 N–H and O–H groups in total. The third-order valence-corrected chi connectivity index (χ3v) is 6.42. The maximum absolute atomic E-state index is 12.8. The molecule has 1 heterocycles. The molecular weight excluding hydrogens is 540 g/mol. The van der Waals surface area contributed by atoms with Gasteiger partial charge in [0, 0.05) is 17.0 Å². The van der Waals surface area contributed by atoms with E-state index in [-0.39, 0.29) is 19.1 Å². The zero-order valence-electron chi connectivity index (χ0n) is 22.8. The number of carbonyl (C=O) groups is 4. The Morgan fingerprint density at radius 2 is 1.52 bits per heavy atom. The number of aryl methyl sites for hydroxylation is 2. The van der Waals surface area contributed by atoms with E-state index in [0.29, 0.717) is 28.6 Å². The fourth-order valence-electron chi connectivity index (χ4n) is 3.58. The highest BCUT2D eigenvalue weighted by Gasteiger charge is 2.25. The van der Waals surface area contributed by atoms with Crippen molar-refractivity contribution in [3.05, 3.63) is 64.0 Å². The number of nitrogens with one attached hydrogen (secondary N) is 2. The first-order chi connectivity index (χ1) is 19.0. The van der Waals surface area contributed by atoms with Gasteiger partial charge >= 0.3 is 17.9 Å². The lowest BCUT2D eigenvalue weighted by atomic mass is 10.0. The van der Waals surface area contributed by atoms with Crippen molar-refractivity contribution in [2.45, 2.75) is 27.3 Å². The van der Waals surface area contributed by atoms with E-state index in [1.54, 1.807) is 21.1 Å². The number of carbonyl (C=O) groups excluding carboxylic acids is 2. The number of carboxylic acid groups (broad SMARTS) is 2. The summed E-state index contributed by atoms with van der Waals surface area (Å²) in [5.41, 5.74) is 4.17. The third-order valence-electron chi connectivity index (χ3n) is 5.40. The molecule has 214 valence electrons. The van der Waals surface area contributed by atoms with Crippen molar-refractivity contribution >= 4 is 40.2 Å². The number of benzene rings is 2. The molecule has 0 atom stereocenters. The smallest absolute Gasteiger partial charge is 0.414 e. The topological polar surface area (TPSA) is 160 Å². The van der Waals surface area contributed by atoms with Crippen molar-refractivity contribution in [2.24, 2.45) is 0 Å². The SMILES string of the molecule is CCOC(=O)c1c(NC(=O)CNCc2ccc(OC)c(OC)c2)sc(C)c1-c1ccc(C)cc1.O=C(O)C(=O)O. The van der Waals surface area contributed by atoms with E-state index in [2.05, 4.69) is 10.6 Å². The lowest BCUT2D eigenvalue weighted by Gasteiger charge is -2.11. The van der Waals surface area contributed by atoms with Gasteiger partial charge in [-0.3, -0.25) is 4.79 Å². The van der Waals surface area contributed by atoms with Crippen LogP contribution < -0.4 is 20.1 Å². The number of carboxylic acids is 2. The average molecular weight is 573 g/mol. The molecule has 0 aliphatic rings. The van der Waals surface area contributed by atoms with Crippen LogP contribution in [0.1, 0.15) is 33.3 Å². The monoisotopic (exact) mass is 572 g/mol. The van der Waals surface area contributed by atoms with Gasteiger partial charge in [0.15, 0.2) is 11.5 Å². The zero-order valence-corrected chi connectivity index (χ0v) is 23.6. The standard InChI is InChI=1S/C26H30N2O5S.C2H2O4/c1-6-33-26(30)24-23(19-10-7-16(2)8-11-19)17(3)34-25(24)28-22(29)15-27-14-18-9-12-20(31-4)21(13-18)32-5;3-1(4)2(5)6/h7-13,27H,6,14-15H2,1-5H3,(H,28,29);(H,3,4)(H,5,6).